The molecule has 0 atom stereocenters. The van der Waals surface area contributed by atoms with E-state index in [9.17, 15) is 9.90 Å². The molecule has 6 heteroatoms. The second-order valence-corrected chi connectivity index (χ2v) is 7.40. The highest BCUT2D eigenvalue weighted by molar-refractivity contribution is 6.32. The third kappa shape index (κ3) is 4.57. The van der Waals surface area contributed by atoms with Crippen molar-refractivity contribution in [2.75, 3.05) is 0 Å². The minimum atomic E-state index is -1.14. The minimum Gasteiger partial charge on any atom is -0.487 e. The van der Waals surface area contributed by atoms with Gasteiger partial charge in [-0.1, -0.05) is 72.3 Å². The zero-order chi connectivity index (χ0) is 21.8. The van der Waals surface area contributed by atoms with Gasteiger partial charge >= 0.3 is 5.97 Å². The second kappa shape index (κ2) is 8.98. The van der Waals surface area contributed by atoms with E-state index in [0.29, 0.717) is 34.3 Å². The Labute approximate surface area is 185 Å². The molecular weight excluding hydrogens is 412 g/mol. The molecule has 0 saturated heterocycles. The first kappa shape index (κ1) is 20.6. The Morgan fingerprint density at radius 1 is 1.00 bits per heavy atom. The zero-order valence-electron chi connectivity index (χ0n) is 16.7. The van der Waals surface area contributed by atoms with Crippen LogP contribution in [0.15, 0.2) is 79.0 Å². The smallest absolute Gasteiger partial charge is 0.356 e. The van der Waals surface area contributed by atoms with Crippen molar-refractivity contribution >= 4 is 17.6 Å². The van der Waals surface area contributed by atoms with E-state index in [2.05, 4.69) is 9.97 Å². The Morgan fingerprint density at radius 3 is 2.48 bits per heavy atom. The Kier molecular flexibility index (Phi) is 5.96. The average Bonchev–Trinajstić information content (AvgIpc) is 2.79. The molecule has 0 bridgehead atoms. The fraction of sp³-hybridized carbons (Fsp3) is 0.0800. The van der Waals surface area contributed by atoms with Gasteiger partial charge in [-0.3, -0.25) is 4.98 Å². The van der Waals surface area contributed by atoms with E-state index >= 15 is 0 Å². The number of carbonyl (C=O) groups is 1. The quantitative estimate of drug-likeness (QED) is 0.403. The summed E-state index contributed by atoms with van der Waals surface area (Å²) in [5.74, 6) is -0.652. The van der Waals surface area contributed by atoms with Crippen LogP contribution in [-0.2, 0) is 6.61 Å². The van der Waals surface area contributed by atoms with Crippen molar-refractivity contribution < 1.29 is 14.6 Å². The molecule has 0 aliphatic rings. The van der Waals surface area contributed by atoms with Crippen LogP contribution in [0.25, 0.3) is 22.5 Å². The summed E-state index contributed by atoms with van der Waals surface area (Å²) in [4.78, 5) is 20.4. The summed E-state index contributed by atoms with van der Waals surface area (Å²) in [6.45, 7) is 2.33. The largest absolute Gasteiger partial charge is 0.487 e. The van der Waals surface area contributed by atoms with Gasteiger partial charge in [0.1, 0.15) is 12.4 Å². The summed E-state index contributed by atoms with van der Waals surface area (Å²) in [5.41, 5.74) is 4.49. The Balaban J connectivity index is 1.78. The van der Waals surface area contributed by atoms with Gasteiger partial charge in [-0.2, -0.15) is 0 Å². The van der Waals surface area contributed by atoms with Gasteiger partial charge in [-0.25, -0.2) is 9.78 Å². The van der Waals surface area contributed by atoms with Crippen LogP contribution < -0.4 is 4.74 Å². The number of carboxylic acids is 1. The highest BCUT2D eigenvalue weighted by atomic mass is 35.5. The third-order valence-electron chi connectivity index (χ3n) is 4.83. The van der Waals surface area contributed by atoms with Gasteiger partial charge in [-0.15, -0.1) is 0 Å². The van der Waals surface area contributed by atoms with E-state index in [1.54, 1.807) is 18.2 Å². The molecule has 0 amide bonds. The first-order valence-electron chi connectivity index (χ1n) is 9.66. The summed E-state index contributed by atoms with van der Waals surface area (Å²) < 4.78 is 5.94. The number of carboxylic acid groups (broad SMARTS) is 1. The summed E-state index contributed by atoms with van der Waals surface area (Å²) >= 11 is 6.36. The molecule has 3 aromatic carbocycles. The van der Waals surface area contributed by atoms with Gasteiger partial charge in [0.15, 0.2) is 5.69 Å². The number of rotatable bonds is 6. The SMILES string of the molecule is Cc1ccccc1-c1ncc(C(=O)O)nc1-c1ccc(Cl)c(OCc2ccccc2)c1. The lowest BCUT2D eigenvalue weighted by molar-refractivity contribution is 0.0690. The van der Waals surface area contributed by atoms with Gasteiger partial charge in [0.05, 0.1) is 22.6 Å². The van der Waals surface area contributed by atoms with Crippen LogP contribution in [0.4, 0.5) is 0 Å². The standard InChI is InChI=1S/C25H19ClN2O3/c1-16-7-5-6-10-19(16)24-23(28-21(14-27-24)25(29)30)18-11-12-20(26)22(13-18)31-15-17-8-3-2-4-9-17/h2-14H,15H2,1H3,(H,29,30). The number of hydrogen-bond acceptors (Lipinski definition) is 4. The molecular formula is C25H19ClN2O3. The molecule has 0 radical (unpaired) electrons. The van der Waals surface area contributed by atoms with Crippen LogP contribution in [0.3, 0.4) is 0 Å². The van der Waals surface area contributed by atoms with E-state index in [-0.39, 0.29) is 5.69 Å². The van der Waals surface area contributed by atoms with E-state index < -0.39 is 5.97 Å². The number of hydrogen-bond donors (Lipinski definition) is 1. The first-order valence-corrected chi connectivity index (χ1v) is 10.0. The number of aryl methyl sites for hydroxylation is 1. The molecule has 0 aliphatic heterocycles. The first-order chi connectivity index (χ1) is 15.0. The number of aromatic carboxylic acids is 1. The van der Waals surface area contributed by atoms with E-state index in [1.807, 2.05) is 61.5 Å². The molecule has 1 N–H and O–H groups in total. The number of aromatic nitrogens is 2. The Morgan fingerprint density at radius 2 is 1.74 bits per heavy atom. The number of nitrogens with zero attached hydrogens (tertiary/aromatic N) is 2. The van der Waals surface area contributed by atoms with Crippen LogP contribution in [0.5, 0.6) is 5.75 Å². The summed E-state index contributed by atoms with van der Waals surface area (Å²) in [5, 5.41) is 9.89. The Bertz CT molecular complexity index is 1240. The molecule has 0 fully saturated rings. The van der Waals surface area contributed by atoms with Gasteiger partial charge in [0.25, 0.3) is 0 Å². The van der Waals surface area contributed by atoms with Gasteiger partial charge in [0, 0.05) is 11.1 Å². The average molecular weight is 431 g/mol. The van der Waals surface area contributed by atoms with Crippen molar-refractivity contribution in [2.24, 2.45) is 0 Å². The van der Waals surface area contributed by atoms with Gasteiger partial charge in [0.2, 0.25) is 0 Å². The molecule has 0 saturated carbocycles. The third-order valence-corrected chi connectivity index (χ3v) is 5.15. The predicted octanol–water partition coefficient (Wildman–Crippen LogP) is 6.05. The van der Waals surface area contributed by atoms with Crippen LogP contribution >= 0.6 is 11.6 Å². The number of ether oxygens (including phenoxy) is 1. The molecule has 1 aromatic heterocycles. The lowest BCUT2D eigenvalue weighted by Crippen LogP contribution is -2.05. The highest BCUT2D eigenvalue weighted by Crippen LogP contribution is 2.35. The van der Waals surface area contributed by atoms with E-state index in [0.717, 1.165) is 16.7 Å². The van der Waals surface area contributed by atoms with Crippen LogP contribution in [0, 0.1) is 6.92 Å². The fourth-order valence-corrected chi connectivity index (χ4v) is 3.40. The lowest BCUT2D eigenvalue weighted by atomic mass is 10.00. The molecule has 31 heavy (non-hydrogen) atoms. The van der Waals surface area contributed by atoms with E-state index in [4.69, 9.17) is 16.3 Å². The molecule has 4 rings (SSSR count). The monoisotopic (exact) mass is 430 g/mol. The summed E-state index contributed by atoms with van der Waals surface area (Å²) in [6.07, 6.45) is 1.27. The molecule has 0 spiro atoms. The van der Waals surface area contributed by atoms with Crippen molar-refractivity contribution in [2.45, 2.75) is 13.5 Å². The number of benzene rings is 3. The normalized spacial score (nSPS) is 10.6. The predicted molar refractivity (Wildman–Crippen MR) is 120 cm³/mol. The maximum Gasteiger partial charge on any atom is 0.356 e. The maximum absolute atomic E-state index is 11.5. The number of halogens is 1. The highest BCUT2D eigenvalue weighted by Gasteiger charge is 2.18. The molecule has 0 aliphatic carbocycles. The fourth-order valence-electron chi connectivity index (χ4n) is 3.23. The maximum atomic E-state index is 11.5. The molecule has 5 nitrogen and oxygen atoms in total. The second-order valence-electron chi connectivity index (χ2n) is 6.99. The van der Waals surface area contributed by atoms with Crippen molar-refractivity contribution in [1.82, 2.24) is 9.97 Å². The molecule has 4 aromatic rings. The van der Waals surface area contributed by atoms with Crippen molar-refractivity contribution in [3.8, 4) is 28.3 Å². The van der Waals surface area contributed by atoms with Crippen molar-refractivity contribution in [3.63, 3.8) is 0 Å². The van der Waals surface area contributed by atoms with Gasteiger partial charge in [-0.05, 0) is 30.2 Å². The van der Waals surface area contributed by atoms with Crippen LogP contribution in [0.2, 0.25) is 5.02 Å². The zero-order valence-corrected chi connectivity index (χ0v) is 17.5. The van der Waals surface area contributed by atoms with E-state index in [1.165, 1.54) is 6.20 Å². The molecule has 1 heterocycles. The minimum absolute atomic E-state index is 0.131. The molecule has 0 unspecified atom stereocenters. The topological polar surface area (TPSA) is 72.3 Å². The Hall–Kier alpha value is -3.70. The van der Waals surface area contributed by atoms with Crippen LogP contribution in [-0.4, -0.2) is 21.0 Å². The summed E-state index contributed by atoms with van der Waals surface area (Å²) in [7, 11) is 0. The van der Waals surface area contributed by atoms with Crippen molar-refractivity contribution in [3.05, 3.63) is 101 Å². The summed E-state index contributed by atoms with van der Waals surface area (Å²) in [6, 6.07) is 22.8. The lowest BCUT2D eigenvalue weighted by Gasteiger charge is -2.14. The molecule has 154 valence electrons. The van der Waals surface area contributed by atoms with Crippen LogP contribution in [0.1, 0.15) is 21.6 Å². The van der Waals surface area contributed by atoms with Crippen molar-refractivity contribution in [1.29, 1.82) is 0 Å². The van der Waals surface area contributed by atoms with Gasteiger partial charge < -0.3 is 9.84 Å².